The molecule has 134 valence electrons. The van der Waals surface area contributed by atoms with E-state index in [1.165, 1.54) is 0 Å². The van der Waals surface area contributed by atoms with Crippen molar-refractivity contribution in [3.05, 3.63) is 72.3 Å². The lowest BCUT2D eigenvalue weighted by Gasteiger charge is -2.15. The molecule has 4 rings (SSSR count). The fourth-order valence-electron chi connectivity index (χ4n) is 3.07. The molecule has 0 saturated carbocycles. The van der Waals surface area contributed by atoms with Gasteiger partial charge in [-0.15, -0.1) is 0 Å². The summed E-state index contributed by atoms with van der Waals surface area (Å²) >= 11 is 0. The van der Waals surface area contributed by atoms with Gasteiger partial charge in [0.05, 0.1) is 5.52 Å². The Morgan fingerprint density at radius 3 is 2.85 bits per heavy atom. The fraction of sp³-hybridized carbons (Fsp3) is 0.100. The number of aromatic nitrogens is 3. The van der Waals surface area contributed by atoms with E-state index in [1.807, 2.05) is 30.5 Å². The van der Waals surface area contributed by atoms with E-state index < -0.39 is 17.9 Å². The third-order valence-corrected chi connectivity index (χ3v) is 4.47. The highest BCUT2D eigenvalue weighted by atomic mass is 16.2. The van der Waals surface area contributed by atoms with Crippen LogP contribution >= 0.6 is 0 Å². The van der Waals surface area contributed by atoms with Gasteiger partial charge < -0.3 is 16.0 Å². The number of rotatable bonds is 5. The van der Waals surface area contributed by atoms with Crippen LogP contribution in [0.2, 0.25) is 0 Å². The Hall–Kier alpha value is -3.74. The molecule has 0 aliphatic heterocycles. The predicted octanol–water partition coefficient (Wildman–Crippen LogP) is 1.94. The smallest absolute Gasteiger partial charge is 0.270 e. The van der Waals surface area contributed by atoms with Gasteiger partial charge in [-0.1, -0.05) is 18.2 Å². The number of para-hydroxylation sites is 1. The minimum atomic E-state index is -0.841. The molecule has 7 nitrogen and oxygen atoms in total. The molecule has 0 radical (unpaired) electrons. The molecule has 3 aromatic heterocycles. The Labute approximate surface area is 154 Å². The van der Waals surface area contributed by atoms with Crippen LogP contribution in [-0.2, 0) is 11.2 Å². The summed E-state index contributed by atoms with van der Waals surface area (Å²) in [6.07, 6.45) is 5.41. The number of carbonyl (C=O) groups excluding carboxylic acids is 2. The van der Waals surface area contributed by atoms with E-state index in [0.717, 1.165) is 21.9 Å². The molecule has 3 heterocycles. The summed E-state index contributed by atoms with van der Waals surface area (Å²) in [6, 6.07) is 12.0. The van der Waals surface area contributed by atoms with E-state index in [-0.39, 0.29) is 5.69 Å². The second kappa shape index (κ2) is 6.87. The molecule has 0 aliphatic rings. The lowest BCUT2D eigenvalue weighted by Crippen LogP contribution is -2.46. The minimum Gasteiger partial charge on any atom is -0.368 e. The lowest BCUT2D eigenvalue weighted by molar-refractivity contribution is -0.119. The van der Waals surface area contributed by atoms with Gasteiger partial charge in [0.15, 0.2) is 0 Å². The number of H-pyrrole nitrogens is 1. The predicted molar refractivity (Wildman–Crippen MR) is 102 cm³/mol. The van der Waals surface area contributed by atoms with Crippen LogP contribution in [0, 0.1) is 0 Å². The zero-order valence-corrected chi connectivity index (χ0v) is 14.3. The second-order valence-electron chi connectivity index (χ2n) is 6.26. The molecular formula is C20H17N5O2. The van der Waals surface area contributed by atoms with Gasteiger partial charge in [0.2, 0.25) is 5.91 Å². The number of amides is 2. The number of nitrogens with two attached hydrogens (primary N) is 1. The molecule has 0 fully saturated rings. The zero-order chi connectivity index (χ0) is 18.8. The summed E-state index contributed by atoms with van der Waals surface area (Å²) < 4.78 is 0. The number of aromatic amines is 1. The van der Waals surface area contributed by atoms with Crippen molar-refractivity contribution in [2.75, 3.05) is 0 Å². The summed E-state index contributed by atoms with van der Waals surface area (Å²) in [6.45, 7) is 0. The van der Waals surface area contributed by atoms with Crippen molar-refractivity contribution in [1.82, 2.24) is 20.3 Å². The number of benzene rings is 1. The third kappa shape index (κ3) is 3.35. The van der Waals surface area contributed by atoms with Crippen LogP contribution in [0.3, 0.4) is 0 Å². The molecule has 0 bridgehead atoms. The van der Waals surface area contributed by atoms with Crippen molar-refractivity contribution >= 4 is 33.6 Å². The van der Waals surface area contributed by atoms with Gasteiger partial charge in [0.25, 0.3) is 5.91 Å². The summed E-state index contributed by atoms with van der Waals surface area (Å²) in [4.78, 5) is 36.0. The standard InChI is InChI=1S/C20H17N5O2/c21-19(26)18(9-13-11-23-16-4-2-1-3-14(13)16)25-20(27)17-6-5-12-10-22-8-7-15(12)24-17/h1-8,10-11,18,23H,9H2,(H2,21,26)(H,25,27)/t18-/m1/s1. The van der Waals surface area contributed by atoms with E-state index in [1.54, 1.807) is 30.6 Å². The van der Waals surface area contributed by atoms with Crippen molar-refractivity contribution in [3.63, 3.8) is 0 Å². The van der Waals surface area contributed by atoms with E-state index in [9.17, 15) is 9.59 Å². The number of carbonyl (C=O) groups is 2. The highest BCUT2D eigenvalue weighted by Gasteiger charge is 2.21. The Balaban J connectivity index is 1.57. The van der Waals surface area contributed by atoms with E-state index in [2.05, 4.69) is 20.3 Å². The molecule has 0 spiro atoms. The SMILES string of the molecule is NC(=O)[C@@H](Cc1c[nH]c2ccccc12)NC(=O)c1ccc2cnccc2n1. The number of hydrogen-bond acceptors (Lipinski definition) is 4. The third-order valence-electron chi connectivity index (χ3n) is 4.47. The van der Waals surface area contributed by atoms with Gasteiger partial charge in [-0.2, -0.15) is 0 Å². The molecular weight excluding hydrogens is 342 g/mol. The van der Waals surface area contributed by atoms with Gasteiger partial charge in [-0.25, -0.2) is 4.98 Å². The maximum atomic E-state index is 12.6. The van der Waals surface area contributed by atoms with Crippen molar-refractivity contribution < 1.29 is 9.59 Å². The van der Waals surface area contributed by atoms with Crippen LogP contribution in [-0.4, -0.2) is 32.8 Å². The summed E-state index contributed by atoms with van der Waals surface area (Å²) in [7, 11) is 0. The fourth-order valence-corrected chi connectivity index (χ4v) is 3.07. The van der Waals surface area contributed by atoms with Crippen molar-refractivity contribution in [2.45, 2.75) is 12.5 Å². The van der Waals surface area contributed by atoms with E-state index in [0.29, 0.717) is 11.9 Å². The van der Waals surface area contributed by atoms with Gasteiger partial charge in [-0.3, -0.25) is 14.6 Å². The Kier molecular flexibility index (Phi) is 4.25. The molecule has 4 aromatic rings. The van der Waals surface area contributed by atoms with Crippen molar-refractivity contribution in [3.8, 4) is 0 Å². The number of nitrogens with one attached hydrogen (secondary N) is 2. The number of pyridine rings is 2. The first kappa shape index (κ1) is 16.7. The Bertz CT molecular complexity index is 1150. The maximum absolute atomic E-state index is 12.6. The minimum absolute atomic E-state index is 0.221. The van der Waals surface area contributed by atoms with E-state index >= 15 is 0 Å². The first-order valence-electron chi connectivity index (χ1n) is 8.48. The molecule has 27 heavy (non-hydrogen) atoms. The number of fused-ring (bicyclic) bond motifs is 2. The first-order chi connectivity index (χ1) is 13.1. The molecule has 7 heteroatoms. The van der Waals surface area contributed by atoms with Crippen molar-refractivity contribution in [2.24, 2.45) is 5.73 Å². The normalized spacial score (nSPS) is 12.1. The summed E-state index contributed by atoms with van der Waals surface area (Å²) in [5.41, 5.74) is 8.27. The van der Waals surface area contributed by atoms with Gasteiger partial charge in [0, 0.05) is 41.3 Å². The number of nitrogens with zero attached hydrogens (tertiary/aromatic N) is 2. The van der Waals surface area contributed by atoms with Gasteiger partial charge >= 0.3 is 0 Å². The van der Waals surface area contributed by atoms with Crippen LogP contribution < -0.4 is 11.1 Å². The number of hydrogen-bond donors (Lipinski definition) is 3. The molecule has 4 N–H and O–H groups in total. The highest BCUT2D eigenvalue weighted by Crippen LogP contribution is 2.19. The lowest BCUT2D eigenvalue weighted by atomic mass is 10.0. The molecule has 2 amide bonds. The largest absolute Gasteiger partial charge is 0.368 e. The van der Waals surface area contributed by atoms with Crippen LogP contribution in [0.25, 0.3) is 21.8 Å². The van der Waals surface area contributed by atoms with Crippen LogP contribution in [0.5, 0.6) is 0 Å². The molecule has 1 atom stereocenters. The van der Waals surface area contributed by atoms with Crippen LogP contribution in [0.15, 0.2) is 61.1 Å². The monoisotopic (exact) mass is 359 g/mol. The number of primary amides is 1. The first-order valence-corrected chi connectivity index (χ1v) is 8.48. The molecule has 0 unspecified atom stereocenters. The average molecular weight is 359 g/mol. The van der Waals surface area contributed by atoms with Crippen molar-refractivity contribution in [1.29, 1.82) is 0 Å². The van der Waals surface area contributed by atoms with E-state index in [4.69, 9.17) is 5.73 Å². The van der Waals surface area contributed by atoms with Crippen LogP contribution in [0.1, 0.15) is 16.1 Å². The summed E-state index contributed by atoms with van der Waals surface area (Å²) in [5.74, 6) is -1.05. The average Bonchev–Trinajstić information content (AvgIpc) is 3.10. The second-order valence-corrected chi connectivity index (χ2v) is 6.26. The van der Waals surface area contributed by atoms with Gasteiger partial charge in [0.1, 0.15) is 11.7 Å². The molecule has 1 aromatic carbocycles. The topological polar surface area (TPSA) is 114 Å². The summed E-state index contributed by atoms with van der Waals surface area (Å²) in [5, 5.41) is 4.52. The Morgan fingerprint density at radius 2 is 2.00 bits per heavy atom. The Morgan fingerprint density at radius 1 is 1.15 bits per heavy atom. The molecule has 0 saturated heterocycles. The van der Waals surface area contributed by atoms with Crippen LogP contribution in [0.4, 0.5) is 0 Å². The molecule has 0 aliphatic carbocycles. The van der Waals surface area contributed by atoms with Gasteiger partial charge in [-0.05, 0) is 29.8 Å². The zero-order valence-electron chi connectivity index (χ0n) is 14.3. The quantitative estimate of drug-likeness (QED) is 0.505. The maximum Gasteiger partial charge on any atom is 0.270 e. The highest BCUT2D eigenvalue weighted by molar-refractivity contribution is 5.97.